The van der Waals surface area contributed by atoms with Crippen molar-refractivity contribution in [2.24, 2.45) is 0 Å². The fourth-order valence-corrected chi connectivity index (χ4v) is 0.689. The normalized spacial score (nSPS) is 13.0. The molecular weight excluding hydrogens is 233 g/mol. The van der Waals surface area contributed by atoms with Gasteiger partial charge in [-0.1, -0.05) is 0 Å². The number of hydrogen-bond donors (Lipinski definition) is 4. The molecule has 94 valence electrons. The SMILES string of the molecule is O=C(NCCC(O)C(=O)O)NCC(F)(F)F. The van der Waals surface area contributed by atoms with Crippen molar-refractivity contribution >= 4 is 12.0 Å². The first-order chi connectivity index (χ1) is 7.22. The molecule has 1 unspecified atom stereocenters. The van der Waals surface area contributed by atoms with E-state index in [-0.39, 0.29) is 13.0 Å². The summed E-state index contributed by atoms with van der Waals surface area (Å²) in [4.78, 5) is 20.8. The molecule has 0 aliphatic heterocycles. The van der Waals surface area contributed by atoms with Crippen molar-refractivity contribution in [1.82, 2.24) is 10.6 Å². The third-order valence-corrected chi connectivity index (χ3v) is 1.44. The zero-order valence-electron chi connectivity index (χ0n) is 8.04. The van der Waals surface area contributed by atoms with Gasteiger partial charge in [-0.3, -0.25) is 0 Å². The summed E-state index contributed by atoms with van der Waals surface area (Å²) in [6.07, 6.45) is -6.44. The molecule has 4 N–H and O–H groups in total. The summed E-state index contributed by atoms with van der Waals surface area (Å²) >= 11 is 0. The molecule has 0 aliphatic carbocycles. The number of urea groups is 1. The van der Waals surface area contributed by atoms with Gasteiger partial charge in [0.15, 0.2) is 6.10 Å². The smallest absolute Gasteiger partial charge is 0.405 e. The summed E-state index contributed by atoms with van der Waals surface area (Å²) in [7, 11) is 0. The molecule has 0 rings (SSSR count). The summed E-state index contributed by atoms with van der Waals surface area (Å²) in [6.45, 7) is -1.71. The highest BCUT2D eigenvalue weighted by Crippen LogP contribution is 2.11. The fraction of sp³-hybridized carbons (Fsp3) is 0.714. The van der Waals surface area contributed by atoms with Crippen molar-refractivity contribution in [3.8, 4) is 0 Å². The van der Waals surface area contributed by atoms with Crippen LogP contribution in [0.2, 0.25) is 0 Å². The molecule has 16 heavy (non-hydrogen) atoms. The van der Waals surface area contributed by atoms with Crippen LogP contribution < -0.4 is 10.6 Å². The molecule has 0 heterocycles. The van der Waals surface area contributed by atoms with Crippen molar-refractivity contribution in [3.63, 3.8) is 0 Å². The lowest BCUT2D eigenvalue weighted by atomic mass is 10.2. The lowest BCUT2D eigenvalue weighted by Crippen LogP contribution is -2.42. The van der Waals surface area contributed by atoms with Gasteiger partial charge < -0.3 is 20.8 Å². The number of aliphatic carboxylic acids is 1. The lowest BCUT2D eigenvalue weighted by Gasteiger charge is -2.10. The fourth-order valence-electron chi connectivity index (χ4n) is 0.689. The Hall–Kier alpha value is -1.51. The molecule has 0 saturated heterocycles. The summed E-state index contributed by atoms with van der Waals surface area (Å²) in [5.41, 5.74) is 0. The Morgan fingerprint density at radius 2 is 1.81 bits per heavy atom. The second-order valence-corrected chi connectivity index (χ2v) is 2.87. The molecular formula is C7H11F3N2O4. The number of aliphatic hydroxyl groups excluding tert-OH is 1. The summed E-state index contributed by atoms with van der Waals surface area (Å²) in [5.74, 6) is -1.46. The molecule has 0 saturated carbocycles. The van der Waals surface area contributed by atoms with Gasteiger partial charge in [0.1, 0.15) is 6.54 Å². The van der Waals surface area contributed by atoms with Crippen molar-refractivity contribution in [2.75, 3.05) is 13.1 Å². The van der Waals surface area contributed by atoms with Crippen LogP contribution in [0.15, 0.2) is 0 Å². The van der Waals surface area contributed by atoms with E-state index in [0.29, 0.717) is 0 Å². The number of hydrogen-bond acceptors (Lipinski definition) is 3. The Balaban J connectivity index is 3.63. The summed E-state index contributed by atoms with van der Waals surface area (Å²) in [6, 6.07) is -1.07. The van der Waals surface area contributed by atoms with Gasteiger partial charge >= 0.3 is 18.2 Å². The number of carbonyl (C=O) groups is 2. The molecule has 0 bridgehead atoms. The molecule has 6 nitrogen and oxygen atoms in total. The van der Waals surface area contributed by atoms with Crippen molar-refractivity contribution in [2.45, 2.75) is 18.7 Å². The summed E-state index contributed by atoms with van der Waals surface area (Å²) in [5, 5.41) is 20.5. The van der Waals surface area contributed by atoms with Gasteiger partial charge in [0.25, 0.3) is 0 Å². The van der Waals surface area contributed by atoms with Gasteiger partial charge in [-0.25, -0.2) is 9.59 Å². The van der Waals surface area contributed by atoms with Gasteiger partial charge in [-0.05, 0) is 0 Å². The van der Waals surface area contributed by atoms with Crippen molar-refractivity contribution in [3.05, 3.63) is 0 Å². The monoisotopic (exact) mass is 244 g/mol. The summed E-state index contributed by atoms with van der Waals surface area (Å²) < 4.78 is 34.8. The van der Waals surface area contributed by atoms with Crippen LogP contribution in [0.25, 0.3) is 0 Å². The van der Waals surface area contributed by atoms with Gasteiger partial charge in [-0.15, -0.1) is 0 Å². The number of nitrogens with one attached hydrogen (secondary N) is 2. The first-order valence-corrected chi connectivity index (χ1v) is 4.21. The van der Waals surface area contributed by atoms with Crippen molar-refractivity contribution < 1.29 is 33.0 Å². The Bertz CT molecular complexity index is 257. The predicted octanol–water partition coefficient (Wildman–Crippen LogP) is -0.317. The zero-order valence-corrected chi connectivity index (χ0v) is 8.04. The van der Waals surface area contributed by atoms with Gasteiger partial charge in [-0.2, -0.15) is 13.2 Å². The first kappa shape index (κ1) is 14.5. The molecule has 9 heteroatoms. The van der Waals surface area contributed by atoms with Crippen LogP contribution in [-0.4, -0.2) is 47.6 Å². The minimum absolute atomic E-state index is 0.239. The molecule has 0 aromatic heterocycles. The van der Waals surface area contributed by atoms with Crippen LogP contribution >= 0.6 is 0 Å². The standard InChI is InChI=1S/C7H11F3N2O4/c8-7(9,10)3-12-6(16)11-2-1-4(13)5(14)15/h4,13H,1-3H2,(H,14,15)(H2,11,12,16). The Labute approximate surface area is 88.4 Å². The van der Waals surface area contributed by atoms with Gasteiger partial charge in [0.2, 0.25) is 0 Å². The molecule has 0 aromatic carbocycles. The molecule has 1 atom stereocenters. The van der Waals surface area contributed by atoms with E-state index in [2.05, 4.69) is 0 Å². The van der Waals surface area contributed by atoms with E-state index in [1.807, 2.05) is 5.32 Å². The number of halogens is 3. The highest BCUT2D eigenvalue weighted by Gasteiger charge is 2.27. The molecule has 0 fully saturated rings. The van der Waals surface area contributed by atoms with Gasteiger partial charge in [0.05, 0.1) is 0 Å². The molecule has 2 amide bonds. The van der Waals surface area contributed by atoms with Gasteiger partial charge in [0, 0.05) is 13.0 Å². The van der Waals surface area contributed by atoms with Crippen molar-refractivity contribution in [1.29, 1.82) is 0 Å². The van der Waals surface area contributed by atoms with Crippen LogP contribution in [0.5, 0.6) is 0 Å². The van der Waals surface area contributed by atoms with E-state index < -0.39 is 30.8 Å². The topological polar surface area (TPSA) is 98.7 Å². The van der Waals surface area contributed by atoms with Crippen LogP contribution in [0.1, 0.15) is 6.42 Å². The third-order valence-electron chi connectivity index (χ3n) is 1.44. The molecule has 0 spiro atoms. The first-order valence-electron chi connectivity index (χ1n) is 4.21. The lowest BCUT2D eigenvalue weighted by molar-refractivity contribution is -0.146. The Morgan fingerprint density at radius 3 is 2.25 bits per heavy atom. The van der Waals surface area contributed by atoms with E-state index in [0.717, 1.165) is 0 Å². The zero-order chi connectivity index (χ0) is 12.8. The van der Waals surface area contributed by atoms with E-state index in [1.165, 1.54) is 5.32 Å². The number of carboxylic acid groups (broad SMARTS) is 1. The highest BCUT2D eigenvalue weighted by atomic mass is 19.4. The van der Waals surface area contributed by atoms with E-state index in [4.69, 9.17) is 10.2 Å². The Morgan fingerprint density at radius 1 is 1.25 bits per heavy atom. The molecule has 0 aliphatic rings. The van der Waals surface area contributed by atoms with Crippen LogP contribution in [-0.2, 0) is 4.79 Å². The number of carbonyl (C=O) groups excluding carboxylic acids is 1. The number of amides is 2. The highest BCUT2D eigenvalue weighted by molar-refractivity contribution is 5.74. The van der Waals surface area contributed by atoms with E-state index >= 15 is 0 Å². The largest absolute Gasteiger partial charge is 0.479 e. The number of carboxylic acids is 1. The third kappa shape index (κ3) is 7.85. The maximum Gasteiger partial charge on any atom is 0.405 e. The molecule has 0 aromatic rings. The minimum atomic E-state index is -4.50. The quantitative estimate of drug-likeness (QED) is 0.532. The predicted molar refractivity (Wildman–Crippen MR) is 45.7 cm³/mol. The van der Waals surface area contributed by atoms with E-state index in [9.17, 15) is 22.8 Å². The van der Waals surface area contributed by atoms with Crippen LogP contribution in [0, 0.1) is 0 Å². The van der Waals surface area contributed by atoms with Crippen LogP contribution in [0.3, 0.4) is 0 Å². The minimum Gasteiger partial charge on any atom is -0.479 e. The van der Waals surface area contributed by atoms with Crippen LogP contribution in [0.4, 0.5) is 18.0 Å². The second kappa shape index (κ2) is 6.16. The maximum atomic E-state index is 11.6. The second-order valence-electron chi connectivity index (χ2n) is 2.87. The Kier molecular flexibility index (Phi) is 5.57. The number of aliphatic hydroxyl groups is 1. The average Bonchev–Trinajstić information content (AvgIpc) is 2.13. The maximum absolute atomic E-state index is 11.6. The number of alkyl halides is 3. The number of rotatable bonds is 5. The average molecular weight is 244 g/mol. The molecule has 0 radical (unpaired) electrons. The van der Waals surface area contributed by atoms with E-state index in [1.54, 1.807) is 0 Å².